The number of hydrazine groups is 1. The molecule has 1 aliphatic heterocycles. The highest BCUT2D eigenvalue weighted by molar-refractivity contribution is 6.55. The second kappa shape index (κ2) is 10.7. The molecule has 2 amide bonds. The maximum Gasteiger partial charge on any atom is 0.422 e. The van der Waals surface area contributed by atoms with E-state index in [2.05, 4.69) is 15.4 Å². The third kappa shape index (κ3) is 6.01. The number of alkyl halides is 3. The van der Waals surface area contributed by atoms with E-state index >= 15 is 0 Å². The Morgan fingerprint density at radius 3 is 2.51 bits per heavy atom. The predicted molar refractivity (Wildman–Crippen MR) is 147 cm³/mol. The van der Waals surface area contributed by atoms with Crippen LogP contribution in [0, 0.1) is 0 Å². The zero-order valence-electron chi connectivity index (χ0n) is 21.7. The number of amidine groups is 1. The number of hydrogen-bond donors (Lipinski definition) is 3. The molecule has 5 N–H and O–H groups in total. The van der Waals surface area contributed by atoms with E-state index in [0.717, 1.165) is 10.0 Å². The quantitative estimate of drug-likeness (QED) is 0.109. The lowest BCUT2D eigenvalue weighted by Crippen LogP contribution is -2.75. The average molecular weight is 558 g/mol. The maximum atomic E-state index is 13.5. The highest BCUT2D eigenvalue weighted by Gasteiger charge is 2.45. The number of halogens is 3. The first kappa shape index (κ1) is 29.9. The van der Waals surface area contributed by atoms with Gasteiger partial charge in [0.15, 0.2) is 12.4 Å². The van der Waals surface area contributed by atoms with E-state index in [0.29, 0.717) is 11.1 Å². The number of benzene rings is 1. The fourth-order valence-electron chi connectivity index (χ4n) is 4.27. The largest absolute Gasteiger partial charge is 0.468 e. The highest BCUT2D eigenvalue weighted by Crippen LogP contribution is 2.33. The summed E-state index contributed by atoms with van der Waals surface area (Å²) in [5, 5.41) is 2.66. The summed E-state index contributed by atoms with van der Waals surface area (Å²) in [6.07, 6.45) is -3.33. The van der Waals surface area contributed by atoms with Gasteiger partial charge in [0.2, 0.25) is 11.8 Å². The first-order chi connectivity index (χ1) is 19.0. The van der Waals surface area contributed by atoms with Crippen molar-refractivity contribution in [1.29, 1.82) is 0 Å². The van der Waals surface area contributed by atoms with E-state index in [1.807, 2.05) is 0 Å². The molecule has 2 aromatic heterocycles. The minimum Gasteiger partial charge on any atom is -0.468 e. The van der Waals surface area contributed by atoms with Gasteiger partial charge < -0.3 is 25.3 Å². The highest BCUT2D eigenvalue weighted by atomic mass is 19.4. The molecule has 3 aromatic rings. The van der Waals surface area contributed by atoms with Crippen molar-refractivity contribution < 1.29 is 27.5 Å². The fourth-order valence-corrected chi connectivity index (χ4v) is 4.27. The topological polar surface area (TPSA) is 144 Å². The Labute approximate surface area is 238 Å². The Balaban J connectivity index is 1.58. The lowest BCUT2D eigenvalue weighted by atomic mass is 9.37. The van der Waals surface area contributed by atoms with Crippen molar-refractivity contribution in [3.63, 3.8) is 0 Å². The van der Waals surface area contributed by atoms with Gasteiger partial charge in [-0.2, -0.15) is 13.2 Å². The third-order valence-electron chi connectivity index (χ3n) is 6.29. The number of amides is 2. The lowest BCUT2D eigenvalue weighted by Gasteiger charge is -2.53. The van der Waals surface area contributed by atoms with E-state index in [-0.39, 0.29) is 41.4 Å². The molecule has 0 saturated heterocycles. The van der Waals surface area contributed by atoms with Crippen molar-refractivity contribution in [1.82, 2.24) is 24.9 Å². The van der Waals surface area contributed by atoms with Gasteiger partial charge >= 0.3 is 6.18 Å². The minimum absolute atomic E-state index is 0.0193. The minimum atomic E-state index is -4.59. The molecule has 0 bridgehead atoms. The van der Waals surface area contributed by atoms with Gasteiger partial charge in [-0.3, -0.25) is 9.59 Å². The Bertz CT molecular complexity index is 1530. The summed E-state index contributed by atoms with van der Waals surface area (Å²) >= 11 is 0. The smallest absolute Gasteiger partial charge is 0.422 e. The number of hydrogen-bond acceptors (Lipinski definition) is 7. The van der Waals surface area contributed by atoms with Gasteiger partial charge in [0.05, 0.1) is 42.3 Å². The molecule has 8 radical (unpaired) electrons. The summed E-state index contributed by atoms with van der Waals surface area (Å²) in [4.78, 5) is 31.4. The fraction of sp³-hybridized carbons (Fsp3) is 0.304. The van der Waals surface area contributed by atoms with Gasteiger partial charge in [0.1, 0.15) is 5.69 Å². The molecule has 41 heavy (non-hydrogen) atoms. The summed E-state index contributed by atoms with van der Waals surface area (Å²) < 4.78 is 44.5. The van der Waals surface area contributed by atoms with Crippen LogP contribution in [-0.4, -0.2) is 106 Å². The summed E-state index contributed by atoms with van der Waals surface area (Å²) in [5.74, 6) is 3.66. The third-order valence-corrected chi connectivity index (χ3v) is 6.29. The van der Waals surface area contributed by atoms with Crippen LogP contribution < -0.4 is 21.6 Å². The predicted octanol–water partition coefficient (Wildman–Crippen LogP) is -0.729. The van der Waals surface area contributed by atoms with Crippen molar-refractivity contribution >= 4 is 59.9 Å². The zero-order valence-corrected chi connectivity index (χ0v) is 21.7. The summed E-state index contributed by atoms with van der Waals surface area (Å²) in [7, 11) is 26.4. The monoisotopic (exact) mass is 558 g/mol. The van der Waals surface area contributed by atoms with Gasteiger partial charge in [-0.1, -0.05) is 12.1 Å². The van der Waals surface area contributed by atoms with Crippen LogP contribution in [0.3, 0.4) is 0 Å². The van der Waals surface area contributed by atoms with Crippen molar-refractivity contribution in [2.75, 3.05) is 20.2 Å². The molecule has 204 valence electrons. The molecular formula is C23H21B4F3N8O3. The van der Waals surface area contributed by atoms with Gasteiger partial charge in [-0.15, -0.1) is 5.10 Å². The number of carbonyl (C=O) groups is 2. The van der Waals surface area contributed by atoms with E-state index in [1.54, 1.807) is 10.6 Å². The molecule has 1 aromatic carbocycles. The van der Waals surface area contributed by atoms with Crippen molar-refractivity contribution in [2.24, 2.45) is 16.7 Å². The number of ether oxygens (including phenoxy) is 1. The summed E-state index contributed by atoms with van der Waals surface area (Å²) in [6.45, 7) is -1.56. The van der Waals surface area contributed by atoms with E-state index in [9.17, 15) is 22.8 Å². The molecule has 0 aliphatic carbocycles. The van der Waals surface area contributed by atoms with Crippen LogP contribution in [0.1, 0.15) is 26.4 Å². The Morgan fingerprint density at radius 2 is 1.85 bits per heavy atom. The molecule has 18 heteroatoms. The van der Waals surface area contributed by atoms with Crippen molar-refractivity contribution in [3.8, 4) is 5.88 Å². The number of nitrogens with two attached hydrogens (primary N) is 2. The molecule has 11 nitrogen and oxygen atoms in total. The van der Waals surface area contributed by atoms with E-state index < -0.39 is 35.3 Å². The number of hydrazone groups is 1. The van der Waals surface area contributed by atoms with Crippen LogP contribution in [0.5, 0.6) is 5.88 Å². The Kier molecular flexibility index (Phi) is 7.82. The second-order valence-electron chi connectivity index (χ2n) is 9.38. The first-order valence-corrected chi connectivity index (χ1v) is 11.9. The van der Waals surface area contributed by atoms with Gasteiger partial charge in [-0.25, -0.2) is 15.9 Å². The number of rotatable bonds is 8. The number of fused-ring (bicyclic) bond motifs is 3. The Morgan fingerprint density at radius 1 is 1.17 bits per heavy atom. The number of pyridine rings is 1. The van der Waals surface area contributed by atoms with Crippen molar-refractivity contribution in [3.05, 3.63) is 59.4 Å². The summed E-state index contributed by atoms with van der Waals surface area (Å²) in [6, 6.07) is 8.80. The van der Waals surface area contributed by atoms with Crippen molar-refractivity contribution in [2.45, 2.75) is 23.4 Å². The summed E-state index contributed by atoms with van der Waals surface area (Å²) in [5.41, 5.74) is 6.75. The molecule has 0 unspecified atom stereocenters. The van der Waals surface area contributed by atoms with Gasteiger partial charge in [0.25, 0.3) is 5.91 Å². The Hall–Kier alpha value is -4.07. The van der Waals surface area contributed by atoms with Crippen LogP contribution in [0.2, 0.25) is 0 Å². The van der Waals surface area contributed by atoms with E-state index in [1.165, 1.54) is 43.6 Å². The number of nitrogens with one attached hydrogen (secondary N) is 1. The SMILES string of the molecule is [B]C([B])(NC(=O)c1cccc(/C(N)=N/N(C)N)c1)C([B])([B])N1CCn2c(cc3c(OCC(F)(F)F)nccc32)C1=O. The van der Waals surface area contributed by atoms with Gasteiger partial charge in [0, 0.05) is 37.5 Å². The molecule has 0 fully saturated rings. The normalized spacial score (nSPS) is 14.6. The molecular weight excluding hydrogens is 537 g/mol. The molecule has 0 saturated carbocycles. The van der Waals surface area contributed by atoms with Crippen LogP contribution >= 0.6 is 0 Å². The zero-order chi connectivity index (χ0) is 30.3. The molecule has 1 aliphatic rings. The first-order valence-electron chi connectivity index (χ1n) is 11.9. The van der Waals surface area contributed by atoms with Crippen LogP contribution in [-0.2, 0) is 6.54 Å². The number of aromatic nitrogens is 2. The number of carbonyl (C=O) groups excluding carboxylic acids is 2. The standard InChI is InChI=1S/C23H21B4F3N8O3/c1-36(32)35-17(31)12-3-2-4-13(9-12)18(39)34-22(24,25)23(26,27)38-8-7-37-15-5-6-33-19(41-11-21(28,29)30)14(15)10-16(37)20(38)40/h2-6,9-10H,7-8,11,32H2,1H3,(H2,31,35)(H,34,39). The van der Waals surface area contributed by atoms with Gasteiger partial charge in [-0.05, 0) is 34.9 Å². The molecule has 4 rings (SSSR count). The maximum absolute atomic E-state index is 13.5. The van der Waals surface area contributed by atoms with Crippen LogP contribution in [0.25, 0.3) is 10.9 Å². The number of nitrogens with zero attached hydrogens (tertiary/aromatic N) is 5. The van der Waals surface area contributed by atoms with E-state index in [4.69, 9.17) is 47.7 Å². The average Bonchev–Trinajstić information content (AvgIpc) is 3.26. The van der Waals surface area contributed by atoms with Crippen LogP contribution in [0.15, 0.2) is 47.7 Å². The molecule has 3 heterocycles. The molecule has 0 atom stereocenters. The molecule has 0 spiro atoms. The lowest BCUT2D eigenvalue weighted by molar-refractivity contribution is -0.153. The van der Waals surface area contributed by atoms with Crippen LogP contribution in [0.4, 0.5) is 13.2 Å². The second-order valence-corrected chi connectivity index (χ2v) is 9.38.